The van der Waals surface area contributed by atoms with Crippen LogP contribution in [0.2, 0.25) is 0 Å². The van der Waals surface area contributed by atoms with Crippen LogP contribution in [0, 0.1) is 11.8 Å². The van der Waals surface area contributed by atoms with E-state index < -0.39 is 71.0 Å². The molecule has 0 aliphatic heterocycles. The van der Waals surface area contributed by atoms with E-state index in [1.54, 1.807) is 55.4 Å². The van der Waals surface area contributed by atoms with Crippen molar-refractivity contribution in [3.8, 4) is 0 Å². The monoisotopic (exact) mass is 514 g/mol. The Balaban J connectivity index is 6.37. The van der Waals surface area contributed by atoms with Gasteiger partial charge in [-0.25, -0.2) is 0 Å². The molecule has 210 valence electrons. The summed E-state index contributed by atoms with van der Waals surface area (Å²) in [6, 6.07) is 0. The Hall–Kier alpha value is -2.12. The van der Waals surface area contributed by atoms with Crippen LogP contribution in [0.4, 0.5) is 0 Å². The third-order valence-electron chi connectivity index (χ3n) is 6.80. The molecule has 0 saturated heterocycles. The first-order valence-corrected chi connectivity index (χ1v) is 13.1. The number of ether oxygens (including phenoxy) is 4. The number of esters is 4. The van der Waals surface area contributed by atoms with E-state index in [2.05, 4.69) is 0 Å². The predicted molar refractivity (Wildman–Crippen MR) is 138 cm³/mol. The minimum absolute atomic E-state index is 0.432. The normalized spacial score (nSPS) is 14.4. The molecule has 0 heterocycles. The van der Waals surface area contributed by atoms with Gasteiger partial charge in [-0.3, -0.25) is 19.2 Å². The second-order valence-electron chi connectivity index (χ2n) is 11.9. The third-order valence-corrected chi connectivity index (χ3v) is 6.80. The second kappa shape index (κ2) is 13.4. The highest BCUT2D eigenvalue weighted by Crippen LogP contribution is 2.31. The molecule has 0 saturated carbocycles. The minimum Gasteiger partial charge on any atom is -0.460 e. The number of rotatable bonds is 15. The maximum Gasteiger partial charge on any atom is 0.310 e. The van der Waals surface area contributed by atoms with Crippen LogP contribution in [0.5, 0.6) is 0 Å². The fourth-order valence-corrected chi connectivity index (χ4v) is 2.82. The fourth-order valence-electron chi connectivity index (χ4n) is 2.82. The molecule has 0 aliphatic rings. The van der Waals surface area contributed by atoms with Gasteiger partial charge < -0.3 is 18.9 Å². The van der Waals surface area contributed by atoms with Crippen molar-refractivity contribution in [2.75, 3.05) is 0 Å². The van der Waals surface area contributed by atoms with Crippen molar-refractivity contribution < 1.29 is 38.1 Å². The summed E-state index contributed by atoms with van der Waals surface area (Å²) in [5.41, 5.74) is -3.16. The minimum atomic E-state index is -1.28. The van der Waals surface area contributed by atoms with Crippen molar-refractivity contribution in [1.82, 2.24) is 0 Å². The summed E-state index contributed by atoms with van der Waals surface area (Å²) >= 11 is 0. The smallest absolute Gasteiger partial charge is 0.310 e. The summed E-state index contributed by atoms with van der Waals surface area (Å²) in [4.78, 5) is 52.6. The summed E-state index contributed by atoms with van der Waals surface area (Å²) in [5.74, 6) is -5.40. The molecular weight excluding hydrogens is 464 g/mol. The maximum absolute atomic E-state index is 13.4. The van der Waals surface area contributed by atoms with Gasteiger partial charge in [-0.1, -0.05) is 27.7 Å². The molecule has 0 aliphatic carbocycles. The average Bonchev–Trinajstić information content (AvgIpc) is 2.74. The first kappa shape index (κ1) is 33.9. The van der Waals surface area contributed by atoms with E-state index in [0.29, 0.717) is 25.7 Å². The van der Waals surface area contributed by atoms with Crippen LogP contribution < -0.4 is 0 Å². The Bertz CT molecular complexity index is 700. The van der Waals surface area contributed by atoms with Crippen LogP contribution in [0.15, 0.2) is 0 Å². The van der Waals surface area contributed by atoms with E-state index in [4.69, 9.17) is 18.9 Å². The van der Waals surface area contributed by atoms with Gasteiger partial charge in [0.2, 0.25) is 0 Å². The Morgan fingerprint density at radius 3 is 0.917 bits per heavy atom. The topological polar surface area (TPSA) is 105 Å². The van der Waals surface area contributed by atoms with Crippen molar-refractivity contribution in [2.45, 2.75) is 144 Å². The number of carbonyl (C=O) groups is 4. The van der Waals surface area contributed by atoms with Gasteiger partial charge in [0, 0.05) is 0 Å². The van der Waals surface area contributed by atoms with E-state index >= 15 is 0 Å². The molecule has 8 nitrogen and oxygen atoms in total. The SMILES string of the molecule is CCC(C)(C)OC(=O)CC(C(=O)OC(C)(C)CC)C(CC(=O)OC(C)(C)CC)C(=O)OC(C)(C)CC. The summed E-state index contributed by atoms with van der Waals surface area (Å²) in [5, 5.41) is 0. The van der Waals surface area contributed by atoms with Crippen LogP contribution in [0.25, 0.3) is 0 Å². The summed E-state index contributed by atoms with van der Waals surface area (Å²) in [7, 11) is 0. The quantitative estimate of drug-likeness (QED) is 0.196. The van der Waals surface area contributed by atoms with Crippen molar-refractivity contribution in [3.63, 3.8) is 0 Å². The van der Waals surface area contributed by atoms with Crippen LogP contribution in [-0.2, 0) is 38.1 Å². The number of carbonyl (C=O) groups excluding carboxylic acids is 4. The molecular formula is C28H50O8. The maximum atomic E-state index is 13.4. The van der Waals surface area contributed by atoms with Gasteiger partial charge in [-0.05, 0) is 81.1 Å². The van der Waals surface area contributed by atoms with Crippen LogP contribution in [-0.4, -0.2) is 46.3 Å². The van der Waals surface area contributed by atoms with Crippen molar-refractivity contribution in [3.05, 3.63) is 0 Å². The molecule has 0 bridgehead atoms. The zero-order valence-corrected chi connectivity index (χ0v) is 24.7. The van der Waals surface area contributed by atoms with Gasteiger partial charge in [0.15, 0.2) is 0 Å². The standard InChI is InChI=1S/C28H50O8/c1-13-25(5,6)33-21(29)17-19(23(31)35-27(9,10)15-3)20(24(32)36-28(11,12)16-4)18-22(30)34-26(7,8)14-2/h19-20H,13-18H2,1-12H3. The fraction of sp³-hybridized carbons (Fsp3) is 0.857. The molecule has 0 aromatic carbocycles. The Morgan fingerprint density at radius 1 is 0.472 bits per heavy atom. The first-order chi connectivity index (χ1) is 16.2. The molecule has 8 heteroatoms. The number of hydrogen-bond acceptors (Lipinski definition) is 8. The molecule has 2 atom stereocenters. The lowest BCUT2D eigenvalue weighted by Crippen LogP contribution is -2.42. The van der Waals surface area contributed by atoms with Gasteiger partial charge in [0.25, 0.3) is 0 Å². The molecule has 36 heavy (non-hydrogen) atoms. The van der Waals surface area contributed by atoms with Crippen molar-refractivity contribution >= 4 is 23.9 Å². The lowest BCUT2D eigenvalue weighted by Gasteiger charge is -2.32. The van der Waals surface area contributed by atoms with Gasteiger partial charge in [0.05, 0.1) is 24.7 Å². The molecule has 0 amide bonds. The predicted octanol–water partition coefficient (Wildman–Crippen LogP) is 5.93. The molecule has 0 fully saturated rings. The summed E-state index contributed by atoms with van der Waals surface area (Å²) in [6.07, 6.45) is 1.29. The molecule has 0 aromatic rings. The average molecular weight is 515 g/mol. The van der Waals surface area contributed by atoms with E-state index in [1.165, 1.54) is 0 Å². The van der Waals surface area contributed by atoms with Gasteiger partial charge in [-0.2, -0.15) is 0 Å². The van der Waals surface area contributed by atoms with Gasteiger partial charge in [0.1, 0.15) is 22.4 Å². The molecule has 0 rings (SSSR count). The van der Waals surface area contributed by atoms with Crippen LogP contribution in [0.3, 0.4) is 0 Å². The Kier molecular flexibility index (Phi) is 12.6. The summed E-state index contributed by atoms with van der Waals surface area (Å²) in [6.45, 7) is 21.5. The molecule has 0 N–H and O–H groups in total. The molecule has 2 unspecified atom stereocenters. The van der Waals surface area contributed by atoms with Crippen LogP contribution in [0.1, 0.15) is 122 Å². The lowest BCUT2D eigenvalue weighted by atomic mass is 9.86. The summed E-state index contributed by atoms with van der Waals surface area (Å²) < 4.78 is 22.5. The zero-order valence-electron chi connectivity index (χ0n) is 24.7. The van der Waals surface area contributed by atoms with E-state index in [1.807, 2.05) is 27.7 Å². The molecule has 0 aromatic heterocycles. The van der Waals surface area contributed by atoms with Gasteiger partial charge >= 0.3 is 23.9 Å². The first-order valence-electron chi connectivity index (χ1n) is 13.1. The highest BCUT2D eigenvalue weighted by Gasteiger charge is 2.43. The molecule has 0 spiro atoms. The van der Waals surface area contributed by atoms with Gasteiger partial charge in [-0.15, -0.1) is 0 Å². The van der Waals surface area contributed by atoms with E-state index in [9.17, 15) is 19.2 Å². The van der Waals surface area contributed by atoms with Crippen molar-refractivity contribution in [2.24, 2.45) is 11.8 Å². The Morgan fingerprint density at radius 2 is 0.694 bits per heavy atom. The lowest BCUT2D eigenvalue weighted by molar-refractivity contribution is -0.182. The zero-order chi connectivity index (χ0) is 28.5. The number of hydrogen-bond donors (Lipinski definition) is 0. The van der Waals surface area contributed by atoms with E-state index in [-0.39, 0.29) is 0 Å². The largest absolute Gasteiger partial charge is 0.460 e. The third kappa shape index (κ3) is 12.2. The highest BCUT2D eigenvalue weighted by molar-refractivity contribution is 5.89. The van der Waals surface area contributed by atoms with Crippen molar-refractivity contribution in [1.29, 1.82) is 0 Å². The van der Waals surface area contributed by atoms with Crippen LogP contribution >= 0.6 is 0 Å². The second-order valence-corrected chi connectivity index (χ2v) is 11.9. The Labute approximate surface area is 218 Å². The molecule has 0 radical (unpaired) electrons. The van der Waals surface area contributed by atoms with E-state index in [0.717, 1.165) is 0 Å². The highest BCUT2D eigenvalue weighted by atomic mass is 16.6.